The third-order valence-electron chi connectivity index (χ3n) is 4.66. The molecule has 136 valence electrons. The average Bonchev–Trinajstić information content (AvgIpc) is 3.14. The molecule has 7 nitrogen and oxygen atoms in total. The van der Waals surface area contributed by atoms with E-state index in [-0.39, 0.29) is 30.1 Å². The summed E-state index contributed by atoms with van der Waals surface area (Å²) < 4.78 is 11.5. The molecule has 0 saturated carbocycles. The lowest BCUT2D eigenvalue weighted by Gasteiger charge is -2.35. The van der Waals surface area contributed by atoms with Crippen molar-refractivity contribution in [2.24, 2.45) is 4.99 Å². The first-order valence-corrected chi connectivity index (χ1v) is 8.38. The number of halogens is 1. The smallest absolute Gasteiger partial charge is 0.214 e. The second-order valence-corrected chi connectivity index (χ2v) is 6.30. The fourth-order valence-corrected chi connectivity index (χ4v) is 3.21. The van der Waals surface area contributed by atoms with Crippen LogP contribution in [0.3, 0.4) is 0 Å². The molecule has 0 amide bonds. The maximum atomic E-state index is 5.95. The van der Waals surface area contributed by atoms with Gasteiger partial charge in [0.15, 0.2) is 5.96 Å². The SMILES string of the molecule is CN=C(NCc1nc(C)c(C)o1)NCC1CN2CCCC2CO1.I. The summed E-state index contributed by atoms with van der Waals surface area (Å²) in [6.45, 7) is 8.22. The van der Waals surface area contributed by atoms with E-state index in [0.717, 1.165) is 37.1 Å². The number of nitrogens with zero attached hydrogens (tertiary/aromatic N) is 3. The van der Waals surface area contributed by atoms with Gasteiger partial charge in [0.05, 0.1) is 24.9 Å². The van der Waals surface area contributed by atoms with Crippen molar-refractivity contribution >= 4 is 29.9 Å². The van der Waals surface area contributed by atoms with Crippen LogP contribution < -0.4 is 10.6 Å². The van der Waals surface area contributed by atoms with Crippen LogP contribution in [0, 0.1) is 13.8 Å². The molecule has 0 aliphatic carbocycles. The van der Waals surface area contributed by atoms with Crippen LogP contribution in [0.4, 0.5) is 0 Å². The molecule has 8 heteroatoms. The zero-order valence-corrected chi connectivity index (χ0v) is 17.0. The van der Waals surface area contributed by atoms with Gasteiger partial charge in [0, 0.05) is 26.2 Å². The summed E-state index contributed by atoms with van der Waals surface area (Å²) in [5, 5.41) is 6.55. The summed E-state index contributed by atoms with van der Waals surface area (Å²) in [5.74, 6) is 2.28. The van der Waals surface area contributed by atoms with Crippen molar-refractivity contribution < 1.29 is 9.15 Å². The number of ether oxygens (including phenoxy) is 1. The Morgan fingerprint density at radius 2 is 2.21 bits per heavy atom. The topological polar surface area (TPSA) is 74.9 Å². The predicted molar refractivity (Wildman–Crippen MR) is 104 cm³/mol. The molecule has 2 aliphatic heterocycles. The highest BCUT2D eigenvalue weighted by Gasteiger charge is 2.32. The number of hydrogen-bond donors (Lipinski definition) is 2. The second kappa shape index (κ2) is 9.00. The Balaban J connectivity index is 0.00000208. The summed E-state index contributed by atoms with van der Waals surface area (Å²) in [6, 6.07) is 0.639. The zero-order chi connectivity index (χ0) is 16.2. The molecule has 24 heavy (non-hydrogen) atoms. The van der Waals surface area contributed by atoms with Gasteiger partial charge in [0.25, 0.3) is 0 Å². The van der Waals surface area contributed by atoms with Crippen LogP contribution in [0.5, 0.6) is 0 Å². The Morgan fingerprint density at radius 1 is 1.38 bits per heavy atom. The molecule has 2 N–H and O–H groups in total. The first-order valence-electron chi connectivity index (χ1n) is 8.38. The van der Waals surface area contributed by atoms with E-state index in [4.69, 9.17) is 9.15 Å². The van der Waals surface area contributed by atoms with Gasteiger partial charge in [-0.05, 0) is 33.2 Å². The van der Waals surface area contributed by atoms with Gasteiger partial charge in [-0.2, -0.15) is 0 Å². The van der Waals surface area contributed by atoms with Gasteiger partial charge in [-0.1, -0.05) is 0 Å². The number of aryl methyl sites for hydroxylation is 2. The Morgan fingerprint density at radius 3 is 2.92 bits per heavy atom. The van der Waals surface area contributed by atoms with Crippen molar-refractivity contribution in [2.75, 3.05) is 33.3 Å². The van der Waals surface area contributed by atoms with Gasteiger partial charge in [-0.15, -0.1) is 24.0 Å². The molecule has 2 saturated heterocycles. The second-order valence-electron chi connectivity index (χ2n) is 6.30. The van der Waals surface area contributed by atoms with Gasteiger partial charge in [-0.3, -0.25) is 9.89 Å². The van der Waals surface area contributed by atoms with E-state index in [0.29, 0.717) is 18.5 Å². The Bertz CT molecular complexity index is 543. The first kappa shape index (κ1) is 19.5. The molecule has 2 atom stereocenters. The molecule has 0 spiro atoms. The number of aliphatic imine (C=N–C) groups is 1. The van der Waals surface area contributed by atoms with E-state index in [1.54, 1.807) is 7.05 Å². The fourth-order valence-electron chi connectivity index (χ4n) is 3.21. The maximum Gasteiger partial charge on any atom is 0.214 e. The highest BCUT2D eigenvalue weighted by molar-refractivity contribution is 14.0. The third-order valence-corrected chi connectivity index (χ3v) is 4.66. The molecular formula is C16H28IN5O2. The van der Waals surface area contributed by atoms with Crippen LogP contribution in [0.1, 0.15) is 30.2 Å². The number of rotatable bonds is 4. The quantitative estimate of drug-likeness (QED) is 0.412. The molecule has 3 heterocycles. The van der Waals surface area contributed by atoms with Gasteiger partial charge >= 0.3 is 0 Å². The van der Waals surface area contributed by atoms with Crippen molar-refractivity contribution in [3.63, 3.8) is 0 Å². The molecule has 1 aromatic heterocycles. The molecule has 1 aromatic rings. The third kappa shape index (κ3) is 4.82. The molecule has 0 bridgehead atoms. The normalized spacial score (nSPS) is 24.4. The molecular weight excluding hydrogens is 421 g/mol. The fraction of sp³-hybridized carbons (Fsp3) is 0.750. The first-order chi connectivity index (χ1) is 11.2. The van der Waals surface area contributed by atoms with Crippen molar-refractivity contribution in [3.05, 3.63) is 17.3 Å². The van der Waals surface area contributed by atoms with E-state index in [9.17, 15) is 0 Å². The van der Waals surface area contributed by atoms with E-state index in [2.05, 4.69) is 25.5 Å². The maximum absolute atomic E-state index is 5.95. The molecule has 0 radical (unpaired) electrons. The number of nitrogens with one attached hydrogen (secondary N) is 2. The van der Waals surface area contributed by atoms with Crippen molar-refractivity contribution in [1.29, 1.82) is 0 Å². The molecule has 0 aromatic carbocycles. The largest absolute Gasteiger partial charge is 0.444 e. The zero-order valence-electron chi connectivity index (χ0n) is 14.7. The summed E-state index contributed by atoms with van der Waals surface area (Å²) in [5.41, 5.74) is 0.931. The lowest BCUT2D eigenvalue weighted by atomic mass is 10.2. The van der Waals surface area contributed by atoms with Crippen LogP contribution in [0.15, 0.2) is 9.41 Å². The number of hydrogen-bond acceptors (Lipinski definition) is 5. The van der Waals surface area contributed by atoms with E-state index in [1.807, 2.05) is 13.8 Å². The van der Waals surface area contributed by atoms with Gasteiger partial charge < -0.3 is 19.8 Å². The van der Waals surface area contributed by atoms with Gasteiger partial charge in [-0.25, -0.2) is 4.98 Å². The van der Waals surface area contributed by atoms with Crippen LogP contribution in [-0.4, -0.2) is 61.3 Å². The van der Waals surface area contributed by atoms with Gasteiger partial charge in [0.1, 0.15) is 5.76 Å². The monoisotopic (exact) mass is 449 g/mol. The number of guanidine groups is 1. The highest BCUT2D eigenvalue weighted by atomic mass is 127. The lowest BCUT2D eigenvalue weighted by Crippen LogP contribution is -2.51. The average molecular weight is 449 g/mol. The molecule has 3 rings (SSSR count). The number of fused-ring (bicyclic) bond motifs is 1. The minimum atomic E-state index is 0. The summed E-state index contributed by atoms with van der Waals surface area (Å²) >= 11 is 0. The Kier molecular flexibility index (Phi) is 7.30. The number of aromatic nitrogens is 1. The number of morpholine rings is 1. The van der Waals surface area contributed by atoms with E-state index >= 15 is 0 Å². The van der Waals surface area contributed by atoms with Crippen molar-refractivity contribution in [1.82, 2.24) is 20.5 Å². The highest BCUT2D eigenvalue weighted by Crippen LogP contribution is 2.22. The Labute approximate surface area is 160 Å². The van der Waals surface area contributed by atoms with E-state index < -0.39 is 0 Å². The lowest BCUT2D eigenvalue weighted by molar-refractivity contribution is -0.0453. The van der Waals surface area contributed by atoms with Crippen molar-refractivity contribution in [3.8, 4) is 0 Å². The van der Waals surface area contributed by atoms with Crippen LogP contribution in [-0.2, 0) is 11.3 Å². The minimum Gasteiger partial charge on any atom is -0.444 e. The van der Waals surface area contributed by atoms with Crippen LogP contribution >= 0.6 is 24.0 Å². The molecule has 2 unspecified atom stereocenters. The Hall–Kier alpha value is -0.870. The standard InChI is InChI=1S/C16H27N5O2.HI/c1-11-12(2)23-15(20-11)8-19-16(17-3)18-7-14-9-21-6-4-5-13(21)10-22-14;/h13-14H,4-10H2,1-3H3,(H2,17,18,19);1H. The van der Waals surface area contributed by atoms with Crippen LogP contribution in [0.2, 0.25) is 0 Å². The van der Waals surface area contributed by atoms with Crippen LogP contribution in [0.25, 0.3) is 0 Å². The summed E-state index contributed by atoms with van der Waals surface area (Å²) in [4.78, 5) is 11.1. The predicted octanol–water partition coefficient (Wildman–Crippen LogP) is 1.44. The van der Waals surface area contributed by atoms with Crippen molar-refractivity contribution in [2.45, 2.75) is 45.4 Å². The van der Waals surface area contributed by atoms with E-state index in [1.165, 1.54) is 19.4 Å². The summed E-state index contributed by atoms with van der Waals surface area (Å²) in [6.07, 6.45) is 2.79. The minimum absolute atomic E-state index is 0. The summed E-state index contributed by atoms with van der Waals surface area (Å²) in [7, 11) is 1.76. The number of oxazole rings is 1. The van der Waals surface area contributed by atoms with Gasteiger partial charge in [0.2, 0.25) is 5.89 Å². The molecule has 2 fully saturated rings. The molecule has 2 aliphatic rings.